The van der Waals surface area contributed by atoms with Gasteiger partial charge in [-0.3, -0.25) is 4.79 Å². The van der Waals surface area contributed by atoms with Crippen molar-refractivity contribution in [3.05, 3.63) is 53.1 Å². The fraction of sp³-hybridized carbons (Fsp3) is 0.278. The average molecular weight is 335 g/mol. The van der Waals surface area contributed by atoms with Crippen LogP contribution >= 0.6 is 11.6 Å². The Hall–Kier alpha value is -2.20. The number of ether oxygens (including phenoxy) is 3. The van der Waals surface area contributed by atoms with E-state index in [1.165, 1.54) is 0 Å². The van der Waals surface area contributed by atoms with Crippen molar-refractivity contribution in [3.8, 4) is 17.2 Å². The van der Waals surface area contributed by atoms with Crippen molar-refractivity contribution < 1.29 is 19.0 Å². The summed E-state index contributed by atoms with van der Waals surface area (Å²) >= 11 is 5.82. The zero-order valence-corrected chi connectivity index (χ0v) is 13.7. The highest BCUT2D eigenvalue weighted by molar-refractivity contribution is 6.30. The van der Waals surface area contributed by atoms with Crippen LogP contribution in [0.5, 0.6) is 17.2 Å². The third-order valence-corrected chi connectivity index (χ3v) is 3.28. The number of rotatable bonds is 9. The van der Waals surface area contributed by atoms with E-state index in [9.17, 15) is 4.79 Å². The number of carbonyl (C=O) groups excluding carboxylic acids is 1. The van der Waals surface area contributed by atoms with Crippen LogP contribution in [-0.2, 0) is 0 Å². The molecule has 0 aliphatic carbocycles. The second-order valence-corrected chi connectivity index (χ2v) is 5.20. The summed E-state index contributed by atoms with van der Waals surface area (Å²) in [7, 11) is 0. The zero-order chi connectivity index (χ0) is 16.5. The summed E-state index contributed by atoms with van der Waals surface area (Å²) in [6.07, 6.45) is 1.51. The maximum Gasteiger partial charge on any atom is 0.161 e. The minimum Gasteiger partial charge on any atom is -0.493 e. The number of aldehydes is 1. The molecule has 122 valence electrons. The fourth-order valence-electron chi connectivity index (χ4n) is 1.95. The van der Waals surface area contributed by atoms with Gasteiger partial charge in [0.05, 0.1) is 19.8 Å². The molecule has 2 aromatic rings. The second kappa shape index (κ2) is 9.06. The summed E-state index contributed by atoms with van der Waals surface area (Å²) in [5.41, 5.74) is 0.562. The Morgan fingerprint density at radius 3 is 2.39 bits per heavy atom. The van der Waals surface area contributed by atoms with Gasteiger partial charge in [0, 0.05) is 17.0 Å². The zero-order valence-electron chi connectivity index (χ0n) is 13.0. The molecule has 5 heteroatoms. The lowest BCUT2D eigenvalue weighted by Gasteiger charge is -2.12. The summed E-state index contributed by atoms with van der Waals surface area (Å²) < 4.78 is 16.8. The van der Waals surface area contributed by atoms with Gasteiger partial charge in [0.15, 0.2) is 11.5 Å². The van der Waals surface area contributed by atoms with Gasteiger partial charge in [0.2, 0.25) is 0 Å². The van der Waals surface area contributed by atoms with Gasteiger partial charge in [0.25, 0.3) is 0 Å². The van der Waals surface area contributed by atoms with Crippen LogP contribution < -0.4 is 14.2 Å². The molecule has 0 fully saturated rings. The number of halogens is 1. The molecule has 0 bridgehead atoms. The van der Waals surface area contributed by atoms with Gasteiger partial charge >= 0.3 is 0 Å². The third-order valence-electron chi connectivity index (χ3n) is 3.03. The van der Waals surface area contributed by atoms with Gasteiger partial charge in [-0.2, -0.15) is 0 Å². The first-order valence-corrected chi connectivity index (χ1v) is 7.84. The van der Waals surface area contributed by atoms with Crippen LogP contribution in [0.4, 0.5) is 0 Å². The molecule has 0 unspecified atom stereocenters. The maximum absolute atomic E-state index is 10.8. The van der Waals surface area contributed by atoms with Crippen LogP contribution in [0.1, 0.15) is 23.7 Å². The van der Waals surface area contributed by atoms with E-state index in [1.54, 1.807) is 30.3 Å². The summed E-state index contributed by atoms with van der Waals surface area (Å²) in [5, 5.41) is 0.683. The molecule has 0 saturated heterocycles. The molecular weight excluding hydrogens is 316 g/mol. The summed E-state index contributed by atoms with van der Waals surface area (Å²) in [4.78, 5) is 10.8. The minimum atomic E-state index is 0.494. The Bertz CT molecular complexity index is 625. The van der Waals surface area contributed by atoms with Crippen molar-refractivity contribution in [2.45, 2.75) is 13.3 Å². The van der Waals surface area contributed by atoms with Gasteiger partial charge in [-0.1, -0.05) is 11.6 Å². The highest BCUT2D eigenvalue weighted by Gasteiger charge is 2.06. The molecule has 0 atom stereocenters. The molecule has 23 heavy (non-hydrogen) atoms. The first-order chi connectivity index (χ1) is 11.2. The van der Waals surface area contributed by atoms with Gasteiger partial charge in [-0.25, -0.2) is 0 Å². The van der Waals surface area contributed by atoms with Gasteiger partial charge < -0.3 is 14.2 Å². The van der Waals surface area contributed by atoms with Crippen molar-refractivity contribution in [1.29, 1.82) is 0 Å². The van der Waals surface area contributed by atoms with Crippen molar-refractivity contribution in [2.75, 3.05) is 19.8 Å². The van der Waals surface area contributed by atoms with Gasteiger partial charge in [-0.15, -0.1) is 0 Å². The molecule has 2 aromatic carbocycles. The van der Waals surface area contributed by atoms with Crippen molar-refractivity contribution in [2.24, 2.45) is 0 Å². The first-order valence-electron chi connectivity index (χ1n) is 7.46. The summed E-state index contributed by atoms with van der Waals surface area (Å²) in [6.45, 7) is 3.43. The Morgan fingerprint density at radius 2 is 1.70 bits per heavy atom. The topological polar surface area (TPSA) is 44.8 Å². The molecule has 0 aromatic heterocycles. The van der Waals surface area contributed by atoms with E-state index in [0.717, 1.165) is 18.5 Å². The molecule has 0 aliphatic heterocycles. The standard InChI is InChI=1S/C18H19ClO4/c1-2-21-18-12-14(13-20)4-9-17(18)23-11-3-10-22-16-7-5-15(19)6-8-16/h4-9,12-13H,2-3,10-11H2,1H3. The lowest BCUT2D eigenvalue weighted by Crippen LogP contribution is -2.06. The van der Waals surface area contributed by atoms with E-state index in [4.69, 9.17) is 25.8 Å². The van der Waals surface area contributed by atoms with Crippen LogP contribution in [0.25, 0.3) is 0 Å². The van der Waals surface area contributed by atoms with Crippen LogP contribution in [0.3, 0.4) is 0 Å². The van der Waals surface area contributed by atoms with E-state index in [1.807, 2.05) is 19.1 Å². The number of hydrogen-bond donors (Lipinski definition) is 0. The second-order valence-electron chi connectivity index (χ2n) is 4.76. The van der Waals surface area contributed by atoms with Crippen LogP contribution in [-0.4, -0.2) is 26.1 Å². The van der Waals surface area contributed by atoms with Crippen LogP contribution in [0, 0.1) is 0 Å². The van der Waals surface area contributed by atoms with E-state index in [2.05, 4.69) is 0 Å². The van der Waals surface area contributed by atoms with E-state index in [-0.39, 0.29) is 0 Å². The molecule has 0 saturated carbocycles. The highest BCUT2D eigenvalue weighted by atomic mass is 35.5. The van der Waals surface area contributed by atoms with Crippen LogP contribution in [0.15, 0.2) is 42.5 Å². The molecule has 4 nitrogen and oxygen atoms in total. The molecular formula is C18H19ClO4. The SMILES string of the molecule is CCOc1cc(C=O)ccc1OCCCOc1ccc(Cl)cc1. The monoisotopic (exact) mass is 334 g/mol. The number of carbonyl (C=O) groups is 1. The molecule has 0 N–H and O–H groups in total. The Morgan fingerprint density at radius 1 is 0.957 bits per heavy atom. The summed E-state index contributed by atoms with van der Waals surface area (Å²) in [5.74, 6) is 1.99. The normalized spacial score (nSPS) is 10.2. The Kier molecular flexibility index (Phi) is 6.76. The van der Waals surface area contributed by atoms with Crippen molar-refractivity contribution >= 4 is 17.9 Å². The van der Waals surface area contributed by atoms with Gasteiger partial charge in [0.1, 0.15) is 12.0 Å². The number of benzene rings is 2. The predicted molar refractivity (Wildman–Crippen MR) is 90.1 cm³/mol. The predicted octanol–water partition coefficient (Wildman–Crippen LogP) is 4.40. The van der Waals surface area contributed by atoms with Gasteiger partial charge in [-0.05, 0) is 49.4 Å². The Balaban J connectivity index is 1.79. The average Bonchev–Trinajstić information content (AvgIpc) is 2.57. The highest BCUT2D eigenvalue weighted by Crippen LogP contribution is 2.28. The lowest BCUT2D eigenvalue weighted by molar-refractivity contribution is 0.112. The summed E-state index contributed by atoms with van der Waals surface area (Å²) in [6, 6.07) is 12.4. The first kappa shape index (κ1) is 17.2. The van der Waals surface area contributed by atoms with Crippen molar-refractivity contribution in [3.63, 3.8) is 0 Å². The molecule has 0 spiro atoms. The largest absolute Gasteiger partial charge is 0.493 e. The maximum atomic E-state index is 10.8. The number of hydrogen-bond acceptors (Lipinski definition) is 4. The smallest absolute Gasteiger partial charge is 0.161 e. The quantitative estimate of drug-likeness (QED) is 0.503. The molecule has 0 radical (unpaired) electrons. The molecule has 0 amide bonds. The lowest BCUT2D eigenvalue weighted by atomic mass is 10.2. The van der Waals surface area contributed by atoms with Crippen LogP contribution in [0.2, 0.25) is 5.02 Å². The molecule has 0 heterocycles. The van der Waals surface area contributed by atoms with Crippen molar-refractivity contribution in [1.82, 2.24) is 0 Å². The molecule has 2 rings (SSSR count). The Labute approximate surface area is 140 Å². The van der Waals surface area contributed by atoms with E-state index in [0.29, 0.717) is 41.9 Å². The molecule has 0 aliphatic rings. The minimum absolute atomic E-state index is 0.494. The fourth-order valence-corrected chi connectivity index (χ4v) is 2.07. The van der Waals surface area contributed by atoms with E-state index < -0.39 is 0 Å². The third kappa shape index (κ3) is 5.49. The van der Waals surface area contributed by atoms with E-state index >= 15 is 0 Å².